The van der Waals surface area contributed by atoms with Crippen molar-refractivity contribution in [1.82, 2.24) is 10.3 Å². The van der Waals surface area contributed by atoms with Crippen LogP contribution in [0.2, 0.25) is 0 Å². The molecule has 0 saturated carbocycles. The molecule has 0 unspecified atom stereocenters. The lowest BCUT2D eigenvalue weighted by Crippen LogP contribution is -2.37. The number of carboxylic acids is 1. The number of nitro groups is 1. The molecule has 11 nitrogen and oxygen atoms in total. The van der Waals surface area contributed by atoms with Gasteiger partial charge < -0.3 is 9.84 Å². The number of anilines is 1. The minimum atomic E-state index is -1.31. The number of non-ortho nitro benzene ring substituents is 1. The van der Waals surface area contributed by atoms with Crippen molar-refractivity contribution in [1.29, 1.82) is 0 Å². The molecule has 0 spiro atoms. The third-order valence-electron chi connectivity index (χ3n) is 5.71. The molecular weight excluding hydrogens is 444 g/mol. The lowest BCUT2D eigenvalue weighted by molar-refractivity contribution is -0.383. The zero-order chi connectivity index (χ0) is 23.8. The van der Waals surface area contributed by atoms with Crippen molar-refractivity contribution in [3.05, 3.63) is 81.9 Å². The maximum Gasteiger partial charge on any atom is 0.414 e. The first-order valence-corrected chi connectivity index (χ1v) is 10.2. The lowest BCUT2D eigenvalue weighted by atomic mass is 9.98. The maximum atomic E-state index is 13.1. The summed E-state index contributed by atoms with van der Waals surface area (Å²) in [5.74, 6) is -1.54. The van der Waals surface area contributed by atoms with E-state index in [4.69, 9.17) is 4.74 Å². The Labute approximate surface area is 191 Å². The molecule has 5 rings (SSSR count). The third kappa shape index (κ3) is 3.48. The molecule has 0 aliphatic heterocycles. The molecule has 0 radical (unpaired) electrons. The molecule has 0 bridgehead atoms. The van der Waals surface area contributed by atoms with Gasteiger partial charge >= 0.3 is 17.7 Å². The molecule has 170 valence electrons. The number of benzene rings is 3. The van der Waals surface area contributed by atoms with Crippen LogP contribution in [-0.4, -0.2) is 45.6 Å². The Morgan fingerprint density at radius 2 is 1.62 bits per heavy atom. The van der Waals surface area contributed by atoms with E-state index < -0.39 is 23.5 Å². The number of carbonyl (C=O) groups excluding carboxylic acids is 1. The van der Waals surface area contributed by atoms with Crippen LogP contribution in [0.4, 0.5) is 16.2 Å². The molecular formula is C23H16N4O7. The van der Waals surface area contributed by atoms with E-state index in [0.29, 0.717) is 0 Å². The van der Waals surface area contributed by atoms with Gasteiger partial charge in [0.25, 0.3) is 0 Å². The highest BCUT2D eigenvalue weighted by Gasteiger charge is 2.32. The van der Waals surface area contributed by atoms with Crippen molar-refractivity contribution in [2.45, 2.75) is 5.92 Å². The van der Waals surface area contributed by atoms with Gasteiger partial charge in [-0.2, -0.15) is 0 Å². The van der Waals surface area contributed by atoms with Crippen LogP contribution in [0.25, 0.3) is 22.2 Å². The summed E-state index contributed by atoms with van der Waals surface area (Å²) in [5.41, 5.74) is 3.36. The summed E-state index contributed by atoms with van der Waals surface area (Å²) < 4.78 is 10.2. The normalized spacial score (nSPS) is 12.2. The zero-order valence-corrected chi connectivity index (χ0v) is 17.5. The van der Waals surface area contributed by atoms with E-state index in [0.717, 1.165) is 33.2 Å². The predicted octanol–water partition coefficient (Wildman–Crippen LogP) is 3.97. The first-order valence-electron chi connectivity index (χ1n) is 10.2. The van der Waals surface area contributed by atoms with Crippen LogP contribution in [0, 0.1) is 10.1 Å². The molecule has 0 fully saturated rings. The summed E-state index contributed by atoms with van der Waals surface area (Å²) in [5, 5.41) is 27.8. The quantitative estimate of drug-likeness (QED) is 0.333. The Hall–Kier alpha value is -4.80. The van der Waals surface area contributed by atoms with Crippen LogP contribution in [0.3, 0.4) is 0 Å². The van der Waals surface area contributed by atoms with Gasteiger partial charge in [0, 0.05) is 12.0 Å². The highest BCUT2D eigenvalue weighted by atomic mass is 16.6. The van der Waals surface area contributed by atoms with Gasteiger partial charge in [-0.15, -0.1) is 0 Å². The number of hydrogen-bond acceptors (Lipinski definition) is 8. The number of hydrogen-bond donors (Lipinski definition) is 1. The van der Waals surface area contributed by atoms with E-state index in [1.165, 1.54) is 6.07 Å². The predicted molar refractivity (Wildman–Crippen MR) is 119 cm³/mol. The Morgan fingerprint density at radius 1 is 1.00 bits per heavy atom. The molecule has 3 aromatic carbocycles. The summed E-state index contributed by atoms with van der Waals surface area (Å²) in [6.07, 6.45) is -0.942. The molecule has 1 aliphatic carbocycles. The molecule has 11 heteroatoms. The minimum Gasteiger partial charge on any atom is -0.480 e. The van der Waals surface area contributed by atoms with Gasteiger partial charge in [-0.05, 0) is 38.6 Å². The average molecular weight is 460 g/mol. The van der Waals surface area contributed by atoms with Gasteiger partial charge in [0.15, 0.2) is 5.52 Å². The molecule has 0 atom stereocenters. The van der Waals surface area contributed by atoms with E-state index in [-0.39, 0.29) is 34.9 Å². The number of aromatic nitrogens is 2. The SMILES string of the molecule is O=C(O)CN(C(=O)OCC1c2ccccc2-c2ccccc21)c1ccc([N+](=O)[O-])c2nonc12. The third-order valence-corrected chi connectivity index (χ3v) is 5.71. The van der Waals surface area contributed by atoms with Gasteiger partial charge in [0.2, 0.25) is 5.52 Å². The number of nitro benzene ring substituents is 1. The van der Waals surface area contributed by atoms with Crippen LogP contribution >= 0.6 is 0 Å². The molecule has 1 amide bonds. The van der Waals surface area contributed by atoms with E-state index >= 15 is 0 Å². The second kappa shape index (κ2) is 8.28. The lowest BCUT2D eigenvalue weighted by Gasteiger charge is -2.22. The highest BCUT2D eigenvalue weighted by Crippen LogP contribution is 2.44. The smallest absolute Gasteiger partial charge is 0.414 e. The van der Waals surface area contributed by atoms with E-state index in [9.17, 15) is 24.8 Å². The summed E-state index contributed by atoms with van der Waals surface area (Å²) in [6, 6.07) is 17.9. The topological polar surface area (TPSA) is 149 Å². The van der Waals surface area contributed by atoms with Crippen molar-refractivity contribution < 1.29 is 29.0 Å². The van der Waals surface area contributed by atoms with Gasteiger partial charge in [0.1, 0.15) is 13.2 Å². The second-order valence-electron chi connectivity index (χ2n) is 7.61. The largest absolute Gasteiger partial charge is 0.480 e. The van der Waals surface area contributed by atoms with E-state index in [1.807, 2.05) is 48.5 Å². The summed E-state index contributed by atoms with van der Waals surface area (Å²) in [4.78, 5) is 36.0. The number of aliphatic carboxylic acids is 1. The number of fused-ring (bicyclic) bond motifs is 4. The highest BCUT2D eigenvalue weighted by molar-refractivity contribution is 6.03. The van der Waals surface area contributed by atoms with Crippen molar-refractivity contribution in [2.75, 3.05) is 18.1 Å². The molecule has 0 saturated heterocycles. The number of ether oxygens (including phenoxy) is 1. The molecule has 1 aromatic heterocycles. The standard InChI is InChI=1S/C23H16N4O7/c28-20(29)11-26(18-9-10-19(27(31)32)22-21(18)24-34-25-22)23(30)33-12-17-15-7-3-1-5-13(15)14-6-2-4-8-16(14)17/h1-10,17H,11-12H2,(H,28,29). The van der Waals surface area contributed by atoms with Gasteiger partial charge in [0.05, 0.1) is 10.6 Å². The summed E-state index contributed by atoms with van der Waals surface area (Å²) in [6.45, 7) is -0.785. The molecule has 34 heavy (non-hydrogen) atoms. The fourth-order valence-corrected chi connectivity index (χ4v) is 4.26. The monoisotopic (exact) mass is 460 g/mol. The molecule has 1 aliphatic rings. The number of rotatable bonds is 6. The van der Waals surface area contributed by atoms with Gasteiger partial charge in [-0.1, -0.05) is 48.5 Å². The Bertz CT molecular complexity index is 1400. The van der Waals surface area contributed by atoms with Crippen molar-refractivity contribution >= 4 is 34.5 Å². The Morgan fingerprint density at radius 3 is 2.24 bits per heavy atom. The summed E-state index contributed by atoms with van der Waals surface area (Å²) in [7, 11) is 0. The fraction of sp³-hybridized carbons (Fsp3) is 0.130. The molecule has 4 aromatic rings. The average Bonchev–Trinajstić information content (AvgIpc) is 3.44. The summed E-state index contributed by atoms with van der Waals surface area (Å²) >= 11 is 0. The van der Waals surface area contributed by atoms with Crippen molar-refractivity contribution in [3.63, 3.8) is 0 Å². The van der Waals surface area contributed by atoms with E-state index in [1.54, 1.807) is 0 Å². The second-order valence-corrected chi connectivity index (χ2v) is 7.61. The molecule has 1 N–H and O–H groups in total. The molecule has 1 heterocycles. The van der Waals surface area contributed by atoms with Crippen LogP contribution in [0.15, 0.2) is 65.3 Å². The number of carbonyl (C=O) groups is 2. The minimum absolute atomic E-state index is 0.0264. The van der Waals surface area contributed by atoms with Crippen LogP contribution in [-0.2, 0) is 9.53 Å². The number of nitrogens with zero attached hydrogens (tertiary/aromatic N) is 4. The van der Waals surface area contributed by atoms with E-state index in [2.05, 4.69) is 14.9 Å². The Balaban J connectivity index is 1.46. The first kappa shape index (κ1) is 21.1. The van der Waals surface area contributed by atoms with Crippen molar-refractivity contribution in [2.24, 2.45) is 0 Å². The van der Waals surface area contributed by atoms with Crippen LogP contribution in [0.5, 0.6) is 0 Å². The zero-order valence-electron chi connectivity index (χ0n) is 17.5. The first-order chi connectivity index (χ1) is 16.5. The Kier molecular flexibility index (Phi) is 5.13. The van der Waals surface area contributed by atoms with Gasteiger partial charge in [-0.25, -0.2) is 9.42 Å². The van der Waals surface area contributed by atoms with Gasteiger partial charge in [-0.3, -0.25) is 19.8 Å². The number of carboxylic acid groups (broad SMARTS) is 1. The van der Waals surface area contributed by atoms with Crippen LogP contribution in [0.1, 0.15) is 17.0 Å². The fourth-order valence-electron chi connectivity index (χ4n) is 4.26. The van der Waals surface area contributed by atoms with Crippen LogP contribution < -0.4 is 4.90 Å². The number of amides is 1. The van der Waals surface area contributed by atoms with Crippen molar-refractivity contribution in [3.8, 4) is 11.1 Å². The maximum absolute atomic E-state index is 13.1.